The van der Waals surface area contributed by atoms with Crippen molar-refractivity contribution in [1.29, 1.82) is 0 Å². The first-order valence-electron chi connectivity index (χ1n) is 4.31. The Morgan fingerprint density at radius 3 is 2.71 bits per heavy atom. The van der Waals surface area contributed by atoms with Gasteiger partial charge in [-0.3, -0.25) is 4.79 Å². The van der Waals surface area contributed by atoms with Crippen molar-refractivity contribution in [1.82, 2.24) is 0 Å². The van der Waals surface area contributed by atoms with E-state index in [0.29, 0.717) is 0 Å². The molecule has 3 nitrogen and oxygen atoms in total. The number of carboxylic acids is 1. The van der Waals surface area contributed by atoms with Crippen LogP contribution in [0.2, 0.25) is 0 Å². The molecule has 1 aromatic rings. The zero-order valence-electron chi connectivity index (χ0n) is 7.68. The Balaban J connectivity index is 2.90. The van der Waals surface area contributed by atoms with Crippen LogP contribution in [0.1, 0.15) is 11.1 Å². The zero-order valence-corrected chi connectivity index (χ0v) is 7.68. The molecule has 74 valence electrons. The lowest BCUT2D eigenvalue weighted by Crippen LogP contribution is -2.01. The Hall–Kier alpha value is -1.61. The predicted molar refractivity (Wildman–Crippen MR) is 53.9 cm³/mol. The smallest absolute Gasteiger partial charge is 0.307 e. The van der Waals surface area contributed by atoms with Gasteiger partial charge in [0.2, 0.25) is 0 Å². The number of benzene rings is 1. The quantitative estimate of drug-likeness (QED) is 0.756. The monoisotopic (exact) mass is 192 g/mol. The predicted octanol–water partition coefficient (Wildman–Crippen LogP) is 1.32. The molecule has 0 radical (unpaired) electrons. The summed E-state index contributed by atoms with van der Waals surface area (Å²) >= 11 is 0. The highest BCUT2D eigenvalue weighted by Gasteiger charge is 2.03. The van der Waals surface area contributed by atoms with E-state index in [1.165, 1.54) is 0 Å². The van der Waals surface area contributed by atoms with E-state index >= 15 is 0 Å². The minimum atomic E-state index is -0.852. The second kappa shape index (κ2) is 5.19. The second-order valence-corrected chi connectivity index (χ2v) is 2.85. The lowest BCUT2D eigenvalue weighted by molar-refractivity contribution is -0.136. The number of carbonyl (C=O) groups is 1. The minimum absolute atomic E-state index is 0.00589. The maximum atomic E-state index is 10.5. The lowest BCUT2D eigenvalue weighted by atomic mass is 10.0. The molecule has 0 atom stereocenters. The molecule has 14 heavy (non-hydrogen) atoms. The Labute approximate surface area is 82.3 Å². The topological polar surface area (TPSA) is 57.5 Å². The fraction of sp³-hybridized carbons (Fsp3) is 0.182. The van der Waals surface area contributed by atoms with Crippen LogP contribution in [-0.2, 0) is 11.2 Å². The molecule has 0 spiro atoms. The Bertz CT molecular complexity index is 342. The molecule has 0 saturated heterocycles. The van der Waals surface area contributed by atoms with Gasteiger partial charge in [0, 0.05) is 0 Å². The Morgan fingerprint density at radius 2 is 2.07 bits per heavy atom. The maximum Gasteiger partial charge on any atom is 0.307 e. The number of rotatable bonds is 4. The van der Waals surface area contributed by atoms with Crippen LogP contribution in [0.4, 0.5) is 0 Å². The van der Waals surface area contributed by atoms with E-state index in [9.17, 15) is 4.79 Å². The molecule has 0 saturated carbocycles. The van der Waals surface area contributed by atoms with Crippen LogP contribution >= 0.6 is 0 Å². The molecule has 3 heteroatoms. The first-order chi connectivity index (χ1) is 6.74. The molecule has 0 heterocycles. The van der Waals surface area contributed by atoms with E-state index in [4.69, 9.17) is 10.2 Å². The van der Waals surface area contributed by atoms with Crippen LogP contribution in [0.15, 0.2) is 30.3 Å². The van der Waals surface area contributed by atoms with Crippen molar-refractivity contribution in [2.75, 3.05) is 6.61 Å². The standard InChI is InChI=1S/C11H12O3/c12-7-3-6-9-4-1-2-5-10(9)8-11(13)14/h1-6,12H,7-8H2,(H,13,14). The van der Waals surface area contributed by atoms with Gasteiger partial charge >= 0.3 is 5.97 Å². The van der Waals surface area contributed by atoms with Crippen LogP contribution in [-0.4, -0.2) is 22.8 Å². The van der Waals surface area contributed by atoms with Gasteiger partial charge in [-0.15, -0.1) is 0 Å². The van der Waals surface area contributed by atoms with Crippen molar-refractivity contribution in [2.45, 2.75) is 6.42 Å². The summed E-state index contributed by atoms with van der Waals surface area (Å²) in [7, 11) is 0. The summed E-state index contributed by atoms with van der Waals surface area (Å²) in [5.41, 5.74) is 1.59. The van der Waals surface area contributed by atoms with Crippen molar-refractivity contribution in [3.63, 3.8) is 0 Å². The first kappa shape index (κ1) is 10.5. The molecule has 2 N–H and O–H groups in total. The van der Waals surface area contributed by atoms with Gasteiger partial charge in [-0.25, -0.2) is 0 Å². The van der Waals surface area contributed by atoms with Crippen LogP contribution in [0.5, 0.6) is 0 Å². The van der Waals surface area contributed by atoms with Gasteiger partial charge in [0.25, 0.3) is 0 Å². The third-order valence-corrected chi connectivity index (χ3v) is 1.80. The van der Waals surface area contributed by atoms with Crippen molar-refractivity contribution < 1.29 is 15.0 Å². The molecule has 1 rings (SSSR count). The molecule has 0 unspecified atom stereocenters. The van der Waals surface area contributed by atoms with E-state index in [2.05, 4.69) is 0 Å². The highest BCUT2D eigenvalue weighted by molar-refractivity contribution is 5.72. The summed E-state index contributed by atoms with van der Waals surface area (Å²) < 4.78 is 0. The van der Waals surface area contributed by atoms with Gasteiger partial charge in [-0.1, -0.05) is 36.4 Å². The van der Waals surface area contributed by atoms with E-state index in [-0.39, 0.29) is 13.0 Å². The number of aliphatic carboxylic acids is 1. The molecule has 0 aromatic heterocycles. The van der Waals surface area contributed by atoms with E-state index in [0.717, 1.165) is 11.1 Å². The van der Waals surface area contributed by atoms with Gasteiger partial charge in [0.05, 0.1) is 13.0 Å². The van der Waals surface area contributed by atoms with Gasteiger partial charge in [-0.05, 0) is 11.1 Å². The molecule has 0 amide bonds. The van der Waals surface area contributed by atoms with Crippen LogP contribution in [0.25, 0.3) is 6.08 Å². The second-order valence-electron chi connectivity index (χ2n) is 2.85. The normalized spacial score (nSPS) is 10.6. The lowest BCUT2D eigenvalue weighted by Gasteiger charge is -2.01. The van der Waals surface area contributed by atoms with Crippen molar-refractivity contribution in [2.24, 2.45) is 0 Å². The van der Waals surface area contributed by atoms with E-state index in [1.54, 1.807) is 24.3 Å². The summed E-state index contributed by atoms with van der Waals surface area (Å²) in [4.78, 5) is 10.5. The summed E-state index contributed by atoms with van der Waals surface area (Å²) in [5, 5.41) is 17.2. The summed E-state index contributed by atoms with van der Waals surface area (Å²) in [6.07, 6.45) is 3.31. The fourth-order valence-corrected chi connectivity index (χ4v) is 1.20. The van der Waals surface area contributed by atoms with Crippen LogP contribution < -0.4 is 0 Å². The summed E-state index contributed by atoms with van der Waals surface area (Å²) in [6.45, 7) is -0.0403. The van der Waals surface area contributed by atoms with Gasteiger partial charge in [0.1, 0.15) is 0 Å². The third kappa shape index (κ3) is 3.03. The first-order valence-corrected chi connectivity index (χ1v) is 4.31. The van der Waals surface area contributed by atoms with Crippen molar-refractivity contribution in [3.8, 4) is 0 Å². The number of aliphatic hydroxyl groups is 1. The molecule has 1 aromatic carbocycles. The van der Waals surface area contributed by atoms with Gasteiger partial charge in [0.15, 0.2) is 0 Å². The zero-order chi connectivity index (χ0) is 10.4. The fourth-order valence-electron chi connectivity index (χ4n) is 1.20. The molecule has 0 aliphatic heterocycles. The number of hydrogen-bond donors (Lipinski definition) is 2. The highest BCUT2D eigenvalue weighted by Crippen LogP contribution is 2.11. The third-order valence-electron chi connectivity index (χ3n) is 1.80. The summed E-state index contributed by atoms with van der Waals surface area (Å²) in [6, 6.07) is 7.23. The van der Waals surface area contributed by atoms with E-state index < -0.39 is 5.97 Å². The SMILES string of the molecule is O=C(O)Cc1ccccc1C=CCO. The number of carboxylic acid groups (broad SMARTS) is 1. The molecular weight excluding hydrogens is 180 g/mol. The molecular formula is C11H12O3. The number of hydrogen-bond acceptors (Lipinski definition) is 2. The molecule has 0 aliphatic carbocycles. The molecule has 0 aliphatic rings. The largest absolute Gasteiger partial charge is 0.481 e. The van der Waals surface area contributed by atoms with E-state index in [1.807, 2.05) is 12.1 Å². The highest BCUT2D eigenvalue weighted by atomic mass is 16.4. The van der Waals surface area contributed by atoms with Crippen molar-refractivity contribution >= 4 is 12.0 Å². The average molecular weight is 192 g/mol. The molecule has 0 fully saturated rings. The van der Waals surface area contributed by atoms with Crippen molar-refractivity contribution in [3.05, 3.63) is 41.5 Å². The average Bonchev–Trinajstić information content (AvgIpc) is 2.16. The van der Waals surface area contributed by atoms with Crippen LogP contribution in [0, 0.1) is 0 Å². The van der Waals surface area contributed by atoms with Gasteiger partial charge < -0.3 is 10.2 Å². The maximum absolute atomic E-state index is 10.5. The molecule has 0 bridgehead atoms. The summed E-state index contributed by atoms with van der Waals surface area (Å²) in [5.74, 6) is -0.852. The Kier molecular flexibility index (Phi) is 3.88. The minimum Gasteiger partial charge on any atom is -0.481 e. The van der Waals surface area contributed by atoms with Gasteiger partial charge in [-0.2, -0.15) is 0 Å². The number of aliphatic hydroxyl groups excluding tert-OH is 1. The van der Waals surface area contributed by atoms with Crippen LogP contribution in [0.3, 0.4) is 0 Å². The Morgan fingerprint density at radius 1 is 1.36 bits per heavy atom.